The predicted octanol–water partition coefficient (Wildman–Crippen LogP) is 4.06. The Kier molecular flexibility index (Phi) is 7.38. The number of nitrogens with one attached hydrogen (secondary N) is 1. The molecule has 2 nitrogen and oxygen atoms in total. The number of rotatable bonds is 10. The molecular formula is C17H36N2. The van der Waals surface area contributed by atoms with E-state index in [1.807, 2.05) is 0 Å². The Morgan fingerprint density at radius 2 is 1.68 bits per heavy atom. The molecule has 0 aliphatic heterocycles. The van der Waals surface area contributed by atoms with Crippen LogP contribution in [0, 0.1) is 5.92 Å². The first-order valence-electron chi connectivity index (χ1n) is 8.37. The molecule has 0 aromatic heterocycles. The van der Waals surface area contributed by atoms with Gasteiger partial charge in [-0.15, -0.1) is 0 Å². The zero-order valence-corrected chi connectivity index (χ0v) is 14.0. The fraction of sp³-hybridized carbons (Fsp3) is 1.00. The maximum Gasteiger partial charge on any atom is 0.00965 e. The van der Waals surface area contributed by atoms with Crippen LogP contribution in [-0.4, -0.2) is 36.1 Å². The van der Waals surface area contributed by atoms with E-state index in [1.54, 1.807) is 0 Å². The standard InChI is InChI=1S/C17H36N2/c1-15(2)19(14-16-10-11-16)13-9-7-6-8-12-18-17(3,4)5/h15-16,18H,6-14H2,1-5H3. The Hall–Kier alpha value is -0.0800. The Labute approximate surface area is 121 Å². The minimum Gasteiger partial charge on any atom is -0.312 e. The molecular weight excluding hydrogens is 232 g/mol. The summed E-state index contributed by atoms with van der Waals surface area (Å²) in [5, 5.41) is 3.56. The number of nitrogens with zero attached hydrogens (tertiary/aromatic N) is 1. The number of unbranched alkanes of at least 4 members (excludes halogenated alkanes) is 3. The van der Waals surface area contributed by atoms with Crippen molar-refractivity contribution in [1.82, 2.24) is 10.2 Å². The fourth-order valence-electron chi connectivity index (χ4n) is 2.45. The Bertz CT molecular complexity index is 226. The van der Waals surface area contributed by atoms with Crippen LogP contribution in [0.25, 0.3) is 0 Å². The van der Waals surface area contributed by atoms with Gasteiger partial charge in [-0.05, 0) is 79.3 Å². The van der Waals surface area contributed by atoms with Crippen molar-refractivity contribution in [2.24, 2.45) is 5.92 Å². The van der Waals surface area contributed by atoms with Gasteiger partial charge in [0.2, 0.25) is 0 Å². The van der Waals surface area contributed by atoms with Gasteiger partial charge >= 0.3 is 0 Å². The average Bonchev–Trinajstić information content (AvgIpc) is 3.08. The largest absolute Gasteiger partial charge is 0.312 e. The second kappa shape index (κ2) is 8.26. The lowest BCUT2D eigenvalue weighted by Gasteiger charge is -2.26. The molecule has 0 saturated heterocycles. The zero-order valence-electron chi connectivity index (χ0n) is 14.0. The van der Waals surface area contributed by atoms with Crippen molar-refractivity contribution in [2.45, 2.75) is 84.7 Å². The van der Waals surface area contributed by atoms with Crippen LogP contribution >= 0.6 is 0 Å². The van der Waals surface area contributed by atoms with Crippen molar-refractivity contribution in [3.63, 3.8) is 0 Å². The van der Waals surface area contributed by atoms with Crippen molar-refractivity contribution in [1.29, 1.82) is 0 Å². The van der Waals surface area contributed by atoms with E-state index in [1.165, 1.54) is 58.2 Å². The van der Waals surface area contributed by atoms with Crippen molar-refractivity contribution in [3.05, 3.63) is 0 Å². The molecule has 1 fully saturated rings. The molecule has 0 aromatic rings. The average molecular weight is 268 g/mol. The maximum atomic E-state index is 3.56. The van der Waals surface area contributed by atoms with Gasteiger partial charge in [0, 0.05) is 18.1 Å². The first-order chi connectivity index (χ1) is 8.88. The quantitative estimate of drug-likeness (QED) is 0.601. The summed E-state index contributed by atoms with van der Waals surface area (Å²) in [6.07, 6.45) is 8.41. The van der Waals surface area contributed by atoms with Gasteiger partial charge in [-0.3, -0.25) is 0 Å². The summed E-state index contributed by atoms with van der Waals surface area (Å²) in [4.78, 5) is 2.69. The molecule has 1 rings (SSSR count). The first-order valence-corrected chi connectivity index (χ1v) is 8.37. The molecule has 2 heteroatoms. The van der Waals surface area contributed by atoms with E-state index in [-0.39, 0.29) is 5.54 Å². The van der Waals surface area contributed by atoms with Crippen LogP contribution in [0.2, 0.25) is 0 Å². The molecule has 0 amide bonds. The monoisotopic (exact) mass is 268 g/mol. The number of hydrogen-bond acceptors (Lipinski definition) is 2. The van der Waals surface area contributed by atoms with E-state index in [4.69, 9.17) is 0 Å². The highest BCUT2D eigenvalue weighted by atomic mass is 15.1. The van der Waals surface area contributed by atoms with Gasteiger partial charge < -0.3 is 10.2 Å². The highest BCUT2D eigenvalue weighted by Gasteiger charge is 2.24. The zero-order chi connectivity index (χ0) is 14.3. The Balaban J connectivity index is 1.96. The van der Waals surface area contributed by atoms with Crippen LogP contribution < -0.4 is 5.32 Å². The third kappa shape index (κ3) is 9.45. The summed E-state index contributed by atoms with van der Waals surface area (Å²) >= 11 is 0. The SMILES string of the molecule is CC(C)N(CCCCCCNC(C)(C)C)CC1CC1. The van der Waals surface area contributed by atoms with Crippen LogP contribution in [0.15, 0.2) is 0 Å². The summed E-state index contributed by atoms with van der Waals surface area (Å²) in [5.74, 6) is 1.03. The van der Waals surface area contributed by atoms with E-state index < -0.39 is 0 Å². The van der Waals surface area contributed by atoms with E-state index >= 15 is 0 Å². The molecule has 1 aliphatic rings. The normalized spacial score (nSPS) is 16.6. The maximum absolute atomic E-state index is 3.56. The molecule has 0 aromatic carbocycles. The summed E-state index contributed by atoms with van der Waals surface area (Å²) < 4.78 is 0. The molecule has 1 saturated carbocycles. The van der Waals surface area contributed by atoms with E-state index in [2.05, 4.69) is 44.8 Å². The first kappa shape index (κ1) is 17.0. The van der Waals surface area contributed by atoms with E-state index in [0.29, 0.717) is 0 Å². The van der Waals surface area contributed by atoms with Gasteiger partial charge in [-0.2, -0.15) is 0 Å². The topological polar surface area (TPSA) is 15.3 Å². The highest BCUT2D eigenvalue weighted by molar-refractivity contribution is 4.78. The molecule has 0 unspecified atom stereocenters. The number of hydrogen-bond donors (Lipinski definition) is 1. The van der Waals surface area contributed by atoms with Crippen LogP contribution in [-0.2, 0) is 0 Å². The summed E-state index contributed by atoms with van der Waals surface area (Å²) in [6.45, 7) is 15.2. The van der Waals surface area contributed by atoms with Crippen molar-refractivity contribution >= 4 is 0 Å². The second-order valence-corrected chi connectivity index (χ2v) is 7.62. The molecule has 114 valence electrons. The molecule has 0 atom stereocenters. The lowest BCUT2D eigenvalue weighted by molar-refractivity contribution is 0.208. The van der Waals surface area contributed by atoms with Gasteiger partial charge in [0.05, 0.1) is 0 Å². The molecule has 19 heavy (non-hydrogen) atoms. The van der Waals surface area contributed by atoms with Crippen molar-refractivity contribution < 1.29 is 0 Å². The minimum atomic E-state index is 0.276. The fourth-order valence-corrected chi connectivity index (χ4v) is 2.45. The lowest BCUT2D eigenvalue weighted by Crippen LogP contribution is -2.36. The summed E-state index contributed by atoms with van der Waals surface area (Å²) in [5.41, 5.74) is 0.276. The smallest absolute Gasteiger partial charge is 0.00965 e. The molecule has 0 spiro atoms. The minimum absolute atomic E-state index is 0.276. The third-order valence-electron chi connectivity index (χ3n) is 3.95. The van der Waals surface area contributed by atoms with Crippen LogP contribution in [0.5, 0.6) is 0 Å². The van der Waals surface area contributed by atoms with Crippen LogP contribution in [0.3, 0.4) is 0 Å². The molecule has 1 N–H and O–H groups in total. The predicted molar refractivity (Wildman–Crippen MR) is 85.7 cm³/mol. The van der Waals surface area contributed by atoms with Crippen molar-refractivity contribution in [3.8, 4) is 0 Å². The molecule has 0 radical (unpaired) electrons. The molecule has 1 aliphatic carbocycles. The van der Waals surface area contributed by atoms with Gasteiger partial charge in [-0.1, -0.05) is 12.8 Å². The Morgan fingerprint density at radius 3 is 2.21 bits per heavy atom. The van der Waals surface area contributed by atoms with Crippen LogP contribution in [0.4, 0.5) is 0 Å². The lowest BCUT2D eigenvalue weighted by atomic mass is 10.1. The Morgan fingerprint density at radius 1 is 1.05 bits per heavy atom. The van der Waals surface area contributed by atoms with Gasteiger partial charge in [-0.25, -0.2) is 0 Å². The van der Waals surface area contributed by atoms with E-state index in [0.717, 1.165) is 12.0 Å². The van der Waals surface area contributed by atoms with E-state index in [9.17, 15) is 0 Å². The second-order valence-electron chi connectivity index (χ2n) is 7.62. The molecule has 0 bridgehead atoms. The summed E-state index contributed by atoms with van der Waals surface area (Å²) in [7, 11) is 0. The van der Waals surface area contributed by atoms with Crippen LogP contribution in [0.1, 0.15) is 73.1 Å². The van der Waals surface area contributed by atoms with Crippen molar-refractivity contribution in [2.75, 3.05) is 19.6 Å². The van der Waals surface area contributed by atoms with Gasteiger partial charge in [0.1, 0.15) is 0 Å². The van der Waals surface area contributed by atoms with Gasteiger partial charge in [0.15, 0.2) is 0 Å². The van der Waals surface area contributed by atoms with Gasteiger partial charge in [0.25, 0.3) is 0 Å². The summed E-state index contributed by atoms with van der Waals surface area (Å²) in [6, 6.07) is 0.725. The highest BCUT2D eigenvalue weighted by Crippen LogP contribution is 2.30. The third-order valence-corrected chi connectivity index (χ3v) is 3.95. The molecule has 0 heterocycles.